The van der Waals surface area contributed by atoms with Crippen LogP contribution in [0.25, 0.3) is 6.08 Å². The molecule has 1 unspecified atom stereocenters. The smallest absolute Gasteiger partial charge is 0.429 e. The number of hydrogen-bond acceptors (Lipinski definition) is 1. The van der Waals surface area contributed by atoms with Gasteiger partial charge in [-0.15, -0.1) is 0 Å². The second-order valence-electron chi connectivity index (χ2n) is 3.25. The van der Waals surface area contributed by atoms with Crippen LogP contribution >= 0.6 is 34.2 Å². The maximum Gasteiger partial charge on any atom is 0.429 e. The van der Waals surface area contributed by atoms with Gasteiger partial charge in [0.25, 0.3) is 0 Å². The summed E-state index contributed by atoms with van der Waals surface area (Å²) in [5, 5.41) is 0.195. The largest absolute Gasteiger partial charge is 0.475 e. The van der Waals surface area contributed by atoms with E-state index in [0.717, 1.165) is 9.65 Å². The Morgan fingerprint density at radius 1 is 1.31 bits per heavy atom. The van der Waals surface area contributed by atoms with Crippen molar-refractivity contribution in [1.82, 2.24) is 0 Å². The van der Waals surface area contributed by atoms with E-state index < -0.39 is 12.3 Å². The van der Waals surface area contributed by atoms with Gasteiger partial charge in [-0.25, -0.2) is 0 Å². The lowest BCUT2D eigenvalue weighted by atomic mass is 10.1. The van der Waals surface area contributed by atoms with Crippen molar-refractivity contribution in [3.8, 4) is 5.75 Å². The summed E-state index contributed by atoms with van der Waals surface area (Å²) in [4.78, 5) is 0. The number of benzene rings is 1. The van der Waals surface area contributed by atoms with Gasteiger partial charge in [0.15, 0.2) is 0 Å². The Hall–Kier alpha value is -0.430. The van der Waals surface area contributed by atoms with E-state index in [1.165, 1.54) is 6.08 Å². The Labute approximate surface area is 108 Å². The molecule has 1 nitrogen and oxygen atoms in total. The van der Waals surface area contributed by atoms with Crippen molar-refractivity contribution in [2.24, 2.45) is 0 Å². The fraction of sp³-hybridized carbons (Fsp3) is 0.200. The summed E-state index contributed by atoms with van der Waals surface area (Å²) in [6.45, 7) is 0. The van der Waals surface area contributed by atoms with Crippen LogP contribution in [0.2, 0.25) is 5.02 Å². The second kappa shape index (κ2) is 4.10. The molecule has 0 fully saturated rings. The molecular formula is C10H5ClF3IO. The highest BCUT2D eigenvalue weighted by Gasteiger charge is 2.41. The summed E-state index contributed by atoms with van der Waals surface area (Å²) in [6.07, 6.45) is -3.97. The van der Waals surface area contributed by atoms with Gasteiger partial charge in [-0.1, -0.05) is 17.7 Å². The Morgan fingerprint density at radius 3 is 2.62 bits per heavy atom. The number of alkyl halides is 3. The van der Waals surface area contributed by atoms with E-state index in [9.17, 15) is 13.2 Å². The van der Waals surface area contributed by atoms with Crippen molar-refractivity contribution in [3.63, 3.8) is 0 Å². The van der Waals surface area contributed by atoms with E-state index in [1.54, 1.807) is 12.1 Å². The minimum absolute atomic E-state index is 0.0897. The summed E-state index contributed by atoms with van der Waals surface area (Å²) in [6, 6.07) is 3.28. The van der Waals surface area contributed by atoms with Crippen molar-refractivity contribution < 1.29 is 17.9 Å². The van der Waals surface area contributed by atoms with Crippen LogP contribution in [0.5, 0.6) is 5.75 Å². The molecule has 0 saturated carbocycles. The predicted octanol–water partition coefficient (Wildman–Crippen LogP) is 4.28. The molecule has 86 valence electrons. The molecule has 16 heavy (non-hydrogen) atoms. The van der Waals surface area contributed by atoms with Crippen LogP contribution in [0.4, 0.5) is 13.2 Å². The lowest BCUT2D eigenvalue weighted by molar-refractivity contribution is -0.180. The highest BCUT2D eigenvalue weighted by atomic mass is 127. The Morgan fingerprint density at radius 2 is 2.00 bits per heavy atom. The number of halogens is 5. The van der Waals surface area contributed by atoms with Crippen LogP contribution < -0.4 is 4.74 Å². The highest BCUT2D eigenvalue weighted by Crippen LogP contribution is 2.38. The Bertz CT molecular complexity index is 456. The maximum atomic E-state index is 12.4. The molecule has 1 atom stereocenters. The molecule has 2 rings (SSSR count). The monoisotopic (exact) mass is 360 g/mol. The third kappa shape index (κ3) is 2.29. The minimum atomic E-state index is -4.42. The van der Waals surface area contributed by atoms with Gasteiger partial charge in [0, 0.05) is 9.13 Å². The van der Waals surface area contributed by atoms with Crippen molar-refractivity contribution >= 4 is 40.3 Å². The molecule has 0 N–H and O–H groups in total. The first-order valence-corrected chi connectivity index (χ1v) is 5.74. The maximum absolute atomic E-state index is 12.4. The molecular weight excluding hydrogens is 355 g/mol. The van der Waals surface area contributed by atoms with Crippen LogP contribution in [0.15, 0.2) is 18.2 Å². The summed E-state index contributed by atoms with van der Waals surface area (Å²) in [5.41, 5.74) is 0.567. The first-order valence-electron chi connectivity index (χ1n) is 4.28. The van der Waals surface area contributed by atoms with Crippen LogP contribution in [0, 0.1) is 3.57 Å². The first kappa shape index (κ1) is 12.0. The van der Waals surface area contributed by atoms with Gasteiger partial charge >= 0.3 is 6.18 Å². The number of fused-ring (bicyclic) bond motifs is 1. The molecule has 6 heteroatoms. The lowest BCUT2D eigenvalue weighted by Gasteiger charge is -2.24. The zero-order valence-electron chi connectivity index (χ0n) is 7.68. The highest BCUT2D eigenvalue weighted by molar-refractivity contribution is 14.1. The Kier molecular flexibility index (Phi) is 3.09. The third-order valence-electron chi connectivity index (χ3n) is 2.06. The van der Waals surface area contributed by atoms with E-state index in [-0.39, 0.29) is 10.8 Å². The van der Waals surface area contributed by atoms with Gasteiger partial charge in [-0.2, -0.15) is 13.2 Å². The molecule has 1 aromatic carbocycles. The van der Waals surface area contributed by atoms with E-state index in [2.05, 4.69) is 0 Å². The minimum Gasteiger partial charge on any atom is -0.475 e. The first-order chi connectivity index (χ1) is 7.38. The second-order valence-corrected chi connectivity index (χ2v) is 4.90. The van der Waals surface area contributed by atoms with E-state index >= 15 is 0 Å². The van der Waals surface area contributed by atoms with Gasteiger partial charge in [0.05, 0.1) is 5.02 Å². The fourth-order valence-electron chi connectivity index (χ4n) is 1.36. The normalized spacial score (nSPS) is 19.2. The molecule has 1 aliphatic heterocycles. The van der Waals surface area contributed by atoms with Crippen LogP contribution in [-0.4, -0.2) is 12.3 Å². The van der Waals surface area contributed by atoms with Crippen molar-refractivity contribution in [1.29, 1.82) is 0 Å². The fourth-order valence-corrected chi connectivity index (χ4v) is 2.46. The number of rotatable bonds is 0. The molecule has 0 amide bonds. The summed E-state index contributed by atoms with van der Waals surface area (Å²) in [7, 11) is 0. The Balaban J connectivity index is 2.42. The zero-order chi connectivity index (χ0) is 11.9. The third-order valence-corrected chi connectivity index (χ3v) is 2.96. The van der Waals surface area contributed by atoms with Crippen molar-refractivity contribution in [2.75, 3.05) is 0 Å². The molecule has 0 radical (unpaired) electrons. The van der Waals surface area contributed by atoms with Crippen LogP contribution in [0.3, 0.4) is 0 Å². The predicted molar refractivity (Wildman–Crippen MR) is 63.7 cm³/mol. The number of ether oxygens (including phenoxy) is 1. The van der Waals surface area contributed by atoms with Gasteiger partial charge in [-0.3, -0.25) is 0 Å². The van der Waals surface area contributed by atoms with Crippen molar-refractivity contribution in [2.45, 2.75) is 12.3 Å². The summed E-state index contributed by atoms with van der Waals surface area (Å²) in [5.74, 6) is 0.0897. The average molecular weight is 361 g/mol. The van der Waals surface area contributed by atoms with Gasteiger partial charge in [0.1, 0.15) is 5.75 Å². The van der Waals surface area contributed by atoms with E-state index in [1.807, 2.05) is 22.6 Å². The van der Waals surface area contributed by atoms with E-state index in [0.29, 0.717) is 5.56 Å². The van der Waals surface area contributed by atoms with Crippen molar-refractivity contribution in [3.05, 3.63) is 32.4 Å². The number of hydrogen-bond donors (Lipinski definition) is 0. The van der Waals surface area contributed by atoms with Crippen LogP contribution in [-0.2, 0) is 0 Å². The molecule has 0 spiro atoms. The van der Waals surface area contributed by atoms with Gasteiger partial charge < -0.3 is 4.74 Å². The quantitative estimate of drug-likeness (QED) is 0.628. The van der Waals surface area contributed by atoms with Gasteiger partial charge in [0.2, 0.25) is 6.10 Å². The lowest BCUT2D eigenvalue weighted by Crippen LogP contribution is -2.34. The van der Waals surface area contributed by atoms with Gasteiger partial charge in [-0.05, 0) is 40.8 Å². The SMILES string of the molecule is FC(F)(F)C1C=Cc2cc(I)cc(Cl)c2O1. The summed E-state index contributed by atoms with van der Waals surface area (Å²) >= 11 is 7.87. The molecule has 1 aliphatic rings. The zero-order valence-corrected chi connectivity index (χ0v) is 10.6. The summed E-state index contributed by atoms with van der Waals surface area (Å²) < 4.78 is 43.0. The molecule has 0 aromatic heterocycles. The van der Waals surface area contributed by atoms with Crippen LogP contribution in [0.1, 0.15) is 5.56 Å². The molecule has 1 heterocycles. The molecule has 0 aliphatic carbocycles. The molecule has 0 bridgehead atoms. The molecule has 1 aromatic rings. The average Bonchev–Trinajstić information content (AvgIpc) is 2.15. The molecule has 0 saturated heterocycles. The topological polar surface area (TPSA) is 9.23 Å². The van der Waals surface area contributed by atoms with E-state index in [4.69, 9.17) is 16.3 Å². The standard InChI is InChI=1S/C10H5ClF3IO/c11-7-4-6(15)3-5-1-2-8(10(12,13)14)16-9(5)7/h1-4,8H.